The highest BCUT2D eigenvalue weighted by molar-refractivity contribution is 8.14. The summed E-state index contributed by atoms with van der Waals surface area (Å²) in [5, 5.41) is 15.1. The molecule has 0 bridgehead atoms. The zero-order chi connectivity index (χ0) is 26.7. The summed E-state index contributed by atoms with van der Waals surface area (Å²) in [6.07, 6.45) is 3.76. The number of amidine groups is 1. The molecule has 39 heavy (non-hydrogen) atoms. The van der Waals surface area contributed by atoms with Crippen molar-refractivity contribution in [3.8, 4) is 0 Å². The van der Waals surface area contributed by atoms with Gasteiger partial charge in [-0.25, -0.2) is 9.79 Å². The Bertz CT molecular complexity index is 1780. The molecular formula is C31H22Cl2N2O3S. The molecule has 0 radical (unpaired) electrons. The number of benzene rings is 3. The molecule has 3 aliphatic rings. The van der Waals surface area contributed by atoms with Crippen LogP contribution in [-0.2, 0) is 5.72 Å². The highest BCUT2D eigenvalue weighted by Gasteiger charge is 2.53. The minimum Gasteiger partial charge on any atom is -0.422 e. The molecule has 1 aliphatic carbocycles. The maximum atomic E-state index is 13.2. The molecule has 2 unspecified atom stereocenters. The molecule has 5 nitrogen and oxygen atoms in total. The molecule has 1 saturated heterocycles. The third-order valence-corrected chi connectivity index (χ3v) is 9.14. The minimum absolute atomic E-state index is 0.205. The van der Waals surface area contributed by atoms with Gasteiger partial charge in [0.25, 0.3) is 0 Å². The van der Waals surface area contributed by atoms with Crippen LogP contribution in [0.5, 0.6) is 0 Å². The van der Waals surface area contributed by atoms with Crippen LogP contribution < -0.4 is 5.63 Å². The molecule has 8 heteroatoms. The van der Waals surface area contributed by atoms with Crippen LogP contribution in [0.2, 0.25) is 10.0 Å². The molecule has 194 valence electrons. The topological polar surface area (TPSA) is 66.0 Å². The van der Waals surface area contributed by atoms with Crippen molar-refractivity contribution in [2.45, 2.75) is 24.6 Å². The molecule has 1 N–H and O–H groups in total. The average molecular weight is 574 g/mol. The molecule has 2 aliphatic heterocycles. The van der Waals surface area contributed by atoms with Crippen LogP contribution in [0.3, 0.4) is 0 Å². The van der Waals surface area contributed by atoms with Gasteiger partial charge < -0.3 is 14.4 Å². The molecule has 0 spiro atoms. The van der Waals surface area contributed by atoms with Crippen LogP contribution in [0.25, 0.3) is 17.0 Å². The van der Waals surface area contributed by atoms with Gasteiger partial charge in [-0.3, -0.25) is 0 Å². The molecule has 7 rings (SSSR count). The Balaban J connectivity index is 1.39. The molecule has 1 aromatic heterocycles. The van der Waals surface area contributed by atoms with Gasteiger partial charge in [-0.2, -0.15) is 0 Å². The fourth-order valence-corrected chi connectivity index (χ4v) is 7.12. The third-order valence-electron chi connectivity index (χ3n) is 7.54. The molecule has 3 heterocycles. The van der Waals surface area contributed by atoms with Crippen molar-refractivity contribution in [1.29, 1.82) is 0 Å². The maximum Gasteiger partial charge on any atom is 0.344 e. The van der Waals surface area contributed by atoms with Gasteiger partial charge >= 0.3 is 5.63 Å². The summed E-state index contributed by atoms with van der Waals surface area (Å²) >= 11 is 13.8. The number of halogens is 2. The van der Waals surface area contributed by atoms with Gasteiger partial charge in [0.15, 0.2) is 10.9 Å². The smallest absolute Gasteiger partial charge is 0.344 e. The van der Waals surface area contributed by atoms with Crippen LogP contribution in [0.15, 0.2) is 110 Å². The lowest BCUT2D eigenvalue weighted by atomic mass is 9.91. The SMILES string of the molecule is O=c1oc2ccccc2cc1C1(O)CSC2=NC3=C(CC/C3=C\c3ccc(Cl)cc3)C(c3ccc(Cl)cc3)N21. The second-order valence-corrected chi connectivity index (χ2v) is 11.7. The molecule has 0 saturated carbocycles. The minimum atomic E-state index is -1.61. The second kappa shape index (κ2) is 9.42. The predicted molar refractivity (Wildman–Crippen MR) is 158 cm³/mol. The number of aliphatic hydroxyl groups is 1. The van der Waals surface area contributed by atoms with Crippen molar-refractivity contribution in [3.05, 3.63) is 133 Å². The number of fused-ring (bicyclic) bond motifs is 2. The summed E-state index contributed by atoms with van der Waals surface area (Å²) in [5.41, 5.74) is 3.74. The van der Waals surface area contributed by atoms with E-state index in [0.717, 1.165) is 46.2 Å². The Hall–Kier alpha value is -3.29. The normalized spacial score (nSPS) is 23.4. The fraction of sp³-hybridized carbons (Fsp3) is 0.161. The van der Waals surface area contributed by atoms with Crippen LogP contribution >= 0.6 is 35.0 Å². The van der Waals surface area contributed by atoms with Crippen molar-refractivity contribution >= 4 is 57.2 Å². The second-order valence-electron chi connectivity index (χ2n) is 9.90. The van der Waals surface area contributed by atoms with Gasteiger partial charge in [0.1, 0.15) is 5.58 Å². The number of para-hydroxylation sites is 1. The van der Waals surface area contributed by atoms with Gasteiger partial charge in [0, 0.05) is 15.4 Å². The predicted octanol–water partition coefficient (Wildman–Crippen LogP) is 7.54. The first kappa shape index (κ1) is 24.7. The molecule has 3 aromatic carbocycles. The Morgan fingerprint density at radius 3 is 2.49 bits per heavy atom. The van der Waals surface area contributed by atoms with E-state index in [1.807, 2.05) is 71.6 Å². The maximum absolute atomic E-state index is 13.2. The van der Waals surface area contributed by atoms with Crippen LogP contribution in [0, 0.1) is 0 Å². The Morgan fingerprint density at radius 2 is 1.72 bits per heavy atom. The first-order valence-electron chi connectivity index (χ1n) is 12.6. The van der Waals surface area contributed by atoms with E-state index in [2.05, 4.69) is 6.08 Å². The Labute approximate surface area is 239 Å². The van der Waals surface area contributed by atoms with Crippen molar-refractivity contribution in [2.75, 3.05) is 5.75 Å². The number of hydrogen-bond donors (Lipinski definition) is 1. The van der Waals surface area contributed by atoms with Gasteiger partial charge in [0.2, 0.25) is 0 Å². The molecule has 4 aromatic rings. The van der Waals surface area contributed by atoms with Crippen LogP contribution in [0.4, 0.5) is 0 Å². The van der Waals surface area contributed by atoms with E-state index < -0.39 is 11.4 Å². The van der Waals surface area contributed by atoms with E-state index in [0.29, 0.717) is 20.8 Å². The summed E-state index contributed by atoms with van der Waals surface area (Å²) in [7, 11) is 0. The zero-order valence-electron chi connectivity index (χ0n) is 20.6. The quantitative estimate of drug-likeness (QED) is 0.257. The summed E-state index contributed by atoms with van der Waals surface area (Å²) < 4.78 is 5.65. The zero-order valence-corrected chi connectivity index (χ0v) is 22.9. The van der Waals surface area contributed by atoms with Gasteiger partial charge in [-0.15, -0.1) is 0 Å². The Morgan fingerprint density at radius 1 is 1.00 bits per heavy atom. The number of rotatable bonds is 3. The summed E-state index contributed by atoms with van der Waals surface area (Å²) in [6.45, 7) is 0. The Kier molecular flexibility index (Phi) is 5.97. The van der Waals surface area contributed by atoms with Crippen molar-refractivity contribution < 1.29 is 9.52 Å². The third kappa shape index (κ3) is 4.14. The monoisotopic (exact) mass is 572 g/mol. The van der Waals surface area contributed by atoms with Crippen molar-refractivity contribution in [2.24, 2.45) is 4.99 Å². The number of aliphatic imine (C=N–C) groups is 1. The van der Waals surface area contributed by atoms with E-state index >= 15 is 0 Å². The van der Waals surface area contributed by atoms with Crippen LogP contribution in [0.1, 0.15) is 35.6 Å². The van der Waals surface area contributed by atoms with Crippen molar-refractivity contribution in [3.63, 3.8) is 0 Å². The standard InChI is InChI=1S/C31H22Cl2N2O3S/c32-22-10-5-18(6-11-22)15-21-9-14-24-27(21)34-30-35(28(24)19-7-12-23(33)13-8-19)31(37,17-39-30)25-16-20-3-1-2-4-26(20)38-29(25)36/h1-8,10-13,15-16,28,37H,9,14,17H2/b21-15+. The van der Waals surface area contributed by atoms with E-state index in [9.17, 15) is 9.90 Å². The number of allylic oxidation sites excluding steroid dienone is 1. The molecule has 2 atom stereocenters. The van der Waals surface area contributed by atoms with Gasteiger partial charge in [-0.05, 0) is 77.6 Å². The first-order valence-corrected chi connectivity index (χ1v) is 14.4. The summed E-state index contributed by atoms with van der Waals surface area (Å²) in [6, 6.07) is 24.2. The average Bonchev–Trinajstić information content (AvgIpc) is 3.50. The molecular weight excluding hydrogens is 551 g/mol. The van der Waals surface area contributed by atoms with Gasteiger partial charge in [-0.1, -0.05) is 77.4 Å². The lowest BCUT2D eigenvalue weighted by Gasteiger charge is -2.42. The van der Waals surface area contributed by atoms with E-state index in [4.69, 9.17) is 32.6 Å². The largest absolute Gasteiger partial charge is 0.422 e. The highest BCUT2D eigenvalue weighted by Crippen LogP contribution is 2.54. The van der Waals surface area contributed by atoms with E-state index in [1.54, 1.807) is 12.1 Å². The summed E-state index contributed by atoms with van der Waals surface area (Å²) in [5.74, 6) is 0.246. The number of hydrogen-bond acceptors (Lipinski definition) is 6. The van der Waals surface area contributed by atoms with Crippen molar-refractivity contribution in [1.82, 2.24) is 4.90 Å². The molecule has 1 fully saturated rings. The highest BCUT2D eigenvalue weighted by atomic mass is 35.5. The molecule has 0 amide bonds. The summed E-state index contributed by atoms with van der Waals surface area (Å²) in [4.78, 5) is 20.2. The first-order chi connectivity index (χ1) is 18.9. The lowest BCUT2D eigenvalue weighted by Crippen LogP contribution is -2.50. The number of thioether (sulfide) groups is 1. The number of nitrogens with zero attached hydrogens (tertiary/aromatic N) is 2. The van der Waals surface area contributed by atoms with E-state index in [1.165, 1.54) is 11.8 Å². The van der Waals surface area contributed by atoms with Crippen LogP contribution in [-0.4, -0.2) is 20.9 Å². The lowest BCUT2D eigenvalue weighted by molar-refractivity contribution is -0.0659. The van der Waals surface area contributed by atoms with Gasteiger partial charge in [0.05, 0.1) is 23.1 Å². The van der Waals surface area contributed by atoms with E-state index in [-0.39, 0.29) is 17.4 Å². The fourth-order valence-electron chi connectivity index (χ4n) is 5.69.